The quantitative estimate of drug-likeness (QED) is 0.573. The van der Waals surface area contributed by atoms with Gasteiger partial charge in [0, 0.05) is 26.5 Å². The molecule has 0 radical (unpaired) electrons. The van der Waals surface area contributed by atoms with Crippen LogP contribution in [0.4, 0.5) is 5.69 Å². The highest BCUT2D eigenvalue weighted by Gasteiger charge is 2.10. The van der Waals surface area contributed by atoms with Gasteiger partial charge in [0.2, 0.25) is 0 Å². The van der Waals surface area contributed by atoms with Crippen LogP contribution in [0.5, 0.6) is 0 Å². The van der Waals surface area contributed by atoms with Crippen LogP contribution in [0.15, 0.2) is 63.8 Å². The van der Waals surface area contributed by atoms with Crippen LogP contribution >= 0.6 is 0 Å². The average molecular weight is 431 g/mol. The van der Waals surface area contributed by atoms with Gasteiger partial charge in [0.25, 0.3) is 11.8 Å². The Hall–Kier alpha value is -3.32. The van der Waals surface area contributed by atoms with Crippen molar-refractivity contribution in [2.24, 2.45) is 0 Å². The van der Waals surface area contributed by atoms with Gasteiger partial charge in [-0.1, -0.05) is 32.0 Å². The maximum Gasteiger partial charge on any atom is 0.259 e. The zero-order chi connectivity index (χ0) is 23.6. The molecule has 0 aliphatic rings. The van der Waals surface area contributed by atoms with Gasteiger partial charge in [-0.05, 0) is 45.0 Å². The number of nitrogens with one attached hydrogen (secondary N) is 2. The number of carbonyl (C=O) groups excluding carboxylic acids is 2. The first kappa shape index (κ1) is 27.7. The van der Waals surface area contributed by atoms with Gasteiger partial charge >= 0.3 is 0 Å². The number of anilines is 1. The molecular weight excluding hydrogens is 396 g/mol. The molecule has 1 aromatic carbocycles. The molecular formula is C24H34N2O5. The highest BCUT2D eigenvalue weighted by Crippen LogP contribution is 2.12. The molecule has 2 amide bonds. The van der Waals surface area contributed by atoms with Gasteiger partial charge in [0.05, 0.1) is 23.7 Å². The predicted molar refractivity (Wildman–Crippen MR) is 124 cm³/mol. The van der Waals surface area contributed by atoms with E-state index in [4.69, 9.17) is 8.83 Å². The number of amides is 2. The second-order valence-electron chi connectivity index (χ2n) is 5.76. The molecule has 0 atom stereocenters. The number of aryl methyl sites for hydroxylation is 2. The molecule has 0 aliphatic carbocycles. The van der Waals surface area contributed by atoms with Crippen molar-refractivity contribution in [3.63, 3.8) is 0 Å². The Morgan fingerprint density at radius 3 is 1.68 bits per heavy atom. The van der Waals surface area contributed by atoms with E-state index in [-0.39, 0.29) is 11.8 Å². The highest BCUT2D eigenvalue weighted by molar-refractivity contribution is 6.04. The van der Waals surface area contributed by atoms with Gasteiger partial charge < -0.3 is 24.2 Å². The van der Waals surface area contributed by atoms with Crippen LogP contribution in [0.3, 0.4) is 0 Å². The fraction of sp³-hybridized carbons (Fsp3) is 0.333. The number of benzene rings is 1. The molecule has 2 heterocycles. The van der Waals surface area contributed by atoms with Crippen LogP contribution in [-0.4, -0.2) is 32.6 Å². The smallest absolute Gasteiger partial charge is 0.259 e. The molecule has 0 aliphatic heterocycles. The summed E-state index contributed by atoms with van der Waals surface area (Å²) >= 11 is 0. The van der Waals surface area contributed by atoms with Gasteiger partial charge in [-0.2, -0.15) is 0 Å². The second-order valence-corrected chi connectivity index (χ2v) is 5.76. The van der Waals surface area contributed by atoms with Crippen molar-refractivity contribution in [2.45, 2.75) is 34.6 Å². The minimum Gasteiger partial charge on any atom is -0.469 e. The summed E-state index contributed by atoms with van der Waals surface area (Å²) in [7, 11) is 3.27. The third-order valence-electron chi connectivity index (χ3n) is 3.75. The summed E-state index contributed by atoms with van der Waals surface area (Å²) in [6.07, 6.45) is 3.01. The van der Waals surface area contributed by atoms with E-state index in [1.165, 1.54) is 12.5 Å². The molecule has 7 nitrogen and oxygen atoms in total. The normalized spacial score (nSPS) is 9.00. The number of methoxy groups -OCH3 is 1. The van der Waals surface area contributed by atoms with E-state index in [1.807, 2.05) is 51.1 Å². The largest absolute Gasteiger partial charge is 0.469 e. The molecule has 3 aromatic rings. The summed E-state index contributed by atoms with van der Waals surface area (Å²) in [6, 6.07) is 12.6. The Balaban J connectivity index is 0.000000487. The van der Waals surface area contributed by atoms with E-state index in [9.17, 15) is 9.59 Å². The molecule has 0 unspecified atom stereocenters. The van der Waals surface area contributed by atoms with Gasteiger partial charge in [0.1, 0.15) is 11.5 Å². The van der Waals surface area contributed by atoms with Crippen LogP contribution in [0.2, 0.25) is 0 Å². The summed E-state index contributed by atoms with van der Waals surface area (Å²) < 4.78 is 14.5. The Morgan fingerprint density at radius 2 is 1.32 bits per heavy atom. The van der Waals surface area contributed by atoms with Gasteiger partial charge in [-0.3, -0.25) is 9.59 Å². The summed E-state index contributed by atoms with van der Waals surface area (Å²) in [4.78, 5) is 22.6. The first-order valence-electron chi connectivity index (χ1n) is 10.1. The van der Waals surface area contributed by atoms with Crippen molar-refractivity contribution in [1.29, 1.82) is 0 Å². The number of furan rings is 2. The molecule has 0 saturated heterocycles. The number of rotatable bonds is 4. The molecule has 0 bridgehead atoms. The number of carbonyl (C=O) groups is 2. The zero-order valence-corrected chi connectivity index (χ0v) is 19.4. The lowest BCUT2D eigenvalue weighted by Crippen LogP contribution is -2.17. The average Bonchev–Trinajstić information content (AvgIpc) is 3.44. The molecule has 3 rings (SSSR count). The summed E-state index contributed by atoms with van der Waals surface area (Å²) in [6.45, 7) is 10.3. The number of hydrogen-bond acceptors (Lipinski definition) is 5. The summed E-state index contributed by atoms with van der Waals surface area (Å²) in [5.41, 5.74) is 1.95. The molecule has 170 valence electrons. The minimum absolute atomic E-state index is 0.105. The Kier molecular flexibility index (Phi) is 14.7. The Morgan fingerprint density at radius 1 is 0.871 bits per heavy atom. The van der Waals surface area contributed by atoms with Crippen LogP contribution in [0.25, 0.3) is 0 Å². The fourth-order valence-corrected chi connectivity index (χ4v) is 2.10. The molecule has 0 fully saturated rings. The number of hydrogen-bond donors (Lipinski definition) is 2. The third kappa shape index (κ3) is 10.3. The molecule has 7 heteroatoms. The highest BCUT2D eigenvalue weighted by atomic mass is 16.5. The maximum atomic E-state index is 11.7. The van der Waals surface area contributed by atoms with Crippen molar-refractivity contribution in [3.8, 4) is 0 Å². The molecule has 0 saturated carbocycles. The Bertz CT molecular complexity index is 867. The topological polar surface area (TPSA) is 93.7 Å². The monoisotopic (exact) mass is 430 g/mol. The lowest BCUT2D eigenvalue weighted by Gasteiger charge is -2.03. The number of para-hydroxylation sites is 1. The van der Waals surface area contributed by atoms with Crippen molar-refractivity contribution in [1.82, 2.24) is 5.32 Å². The summed E-state index contributed by atoms with van der Waals surface area (Å²) in [5, 5.41) is 5.30. The fourth-order valence-electron chi connectivity index (χ4n) is 2.10. The molecule has 2 aromatic heterocycles. The third-order valence-corrected chi connectivity index (χ3v) is 3.75. The SMILES string of the molecule is CC.CCOC.CNC(=O)c1ccoc1C.Cc1occc1C(=O)Nc1ccccc1. The van der Waals surface area contributed by atoms with E-state index < -0.39 is 0 Å². The van der Waals surface area contributed by atoms with Gasteiger partial charge in [-0.25, -0.2) is 0 Å². The lowest BCUT2D eigenvalue weighted by atomic mass is 10.2. The van der Waals surface area contributed by atoms with Crippen LogP contribution in [0.1, 0.15) is 53.0 Å². The van der Waals surface area contributed by atoms with Crippen molar-refractivity contribution < 1.29 is 23.2 Å². The predicted octanol–water partition coefficient (Wildman–Crippen LogP) is 5.47. The van der Waals surface area contributed by atoms with Crippen LogP contribution in [0, 0.1) is 13.8 Å². The molecule has 31 heavy (non-hydrogen) atoms. The van der Waals surface area contributed by atoms with Crippen LogP contribution < -0.4 is 10.6 Å². The van der Waals surface area contributed by atoms with Crippen LogP contribution in [-0.2, 0) is 4.74 Å². The molecule has 2 N–H and O–H groups in total. The minimum atomic E-state index is -0.146. The second kappa shape index (κ2) is 16.5. The van der Waals surface area contributed by atoms with E-state index in [2.05, 4.69) is 15.4 Å². The van der Waals surface area contributed by atoms with Crippen molar-refractivity contribution >= 4 is 17.5 Å². The van der Waals surface area contributed by atoms with Gasteiger partial charge in [0.15, 0.2) is 0 Å². The van der Waals surface area contributed by atoms with E-state index in [0.29, 0.717) is 22.6 Å². The van der Waals surface area contributed by atoms with E-state index in [1.54, 1.807) is 40.1 Å². The van der Waals surface area contributed by atoms with E-state index in [0.717, 1.165) is 12.3 Å². The Labute approximate surface area is 184 Å². The first-order valence-corrected chi connectivity index (χ1v) is 10.1. The lowest BCUT2D eigenvalue weighted by molar-refractivity contribution is 0.0960. The number of ether oxygens (including phenoxy) is 1. The zero-order valence-electron chi connectivity index (χ0n) is 19.4. The van der Waals surface area contributed by atoms with E-state index >= 15 is 0 Å². The standard InChI is InChI=1S/C12H11NO2.C7H9NO2.C3H8O.C2H6/c1-9-11(7-8-15-9)12(14)13-10-5-3-2-4-6-10;1-5-6(3-4-10-5)7(9)8-2;1-3-4-2;1-2/h2-8H,1H3,(H,13,14);3-4H,1-2H3,(H,8,9);3H2,1-2H3;1-2H3. The maximum absolute atomic E-state index is 11.7. The summed E-state index contributed by atoms with van der Waals surface area (Å²) in [5.74, 6) is 1.03. The van der Waals surface area contributed by atoms with Crippen molar-refractivity contribution in [3.05, 3.63) is 77.6 Å². The van der Waals surface area contributed by atoms with Crippen molar-refractivity contribution in [2.75, 3.05) is 26.1 Å². The van der Waals surface area contributed by atoms with Gasteiger partial charge in [-0.15, -0.1) is 0 Å². The molecule has 0 spiro atoms. The first-order chi connectivity index (χ1) is 14.9.